The van der Waals surface area contributed by atoms with Crippen molar-refractivity contribution in [1.29, 1.82) is 0 Å². The van der Waals surface area contributed by atoms with Gasteiger partial charge in [0.25, 0.3) is 5.91 Å². The van der Waals surface area contributed by atoms with E-state index in [9.17, 15) is 4.79 Å². The van der Waals surface area contributed by atoms with Gasteiger partial charge in [0.15, 0.2) is 6.61 Å². The summed E-state index contributed by atoms with van der Waals surface area (Å²) in [4.78, 5) is 12.8. The Morgan fingerprint density at radius 1 is 1.38 bits per heavy atom. The molecule has 0 aliphatic heterocycles. The summed E-state index contributed by atoms with van der Waals surface area (Å²) in [5, 5.41) is 0. The van der Waals surface area contributed by atoms with Crippen LogP contribution in [0, 0.1) is 0 Å². The van der Waals surface area contributed by atoms with Gasteiger partial charge in [0.05, 0.1) is 0 Å². The Morgan fingerprint density at radius 2 is 1.94 bits per heavy atom. The van der Waals surface area contributed by atoms with E-state index in [1.165, 1.54) is 4.90 Å². The topological polar surface area (TPSA) is 55.6 Å². The van der Waals surface area contributed by atoms with E-state index in [4.69, 9.17) is 10.5 Å². The van der Waals surface area contributed by atoms with E-state index in [1.54, 1.807) is 14.1 Å². The van der Waals surface area contributed by atoms with Crippen molar-refractivity contribution < 1.29 is 9.53 Å². The molecule has 0 aliphatic carbocycles. The van der Waals surface area contributed by atoms with E-state index in [0.29, 0.717) is 5.75 Å². The molecule has 0 fully saturated rings. The second-order valence-corrected chi connectivity index (χ2v) is 3.93. The van der Waals surface area contributed by atoms with Crippen LogP contribution in [0.15, 0.2) is 24.3 Å². The van der Waals surface area contributed by atoms with Crippen molar-refractivity contribution in [3.05, 3.63) is 29.8 Å². The van der Waals surface area contributed by atoms with Crippen molar-refractivity contribution in [2.45, 2.75) is 13.0 Å². The van der Waals surface area contributed by atoms with Crippen molar-refractivity contribution in [3.8, 4) is 5.75 Å². The van der Waals surface area contributed by atoms with Gasteiger partial charge in [-0.15, -0.1) is 0 Å². The minimum absolute atomic E-state index is 0.0115. The smallest absolute Gasteiger partial charge is 0.259 e. The predicted molar refractivity (Wildman–Crippen MR) is 63.2 cm³/mol. The molecule has 1 aromatic carbocycles. The number of hydrogen-bond donors (Lipinski definition) is 1. The number of nitrogens with two attached hydrogens (primary N) is 1. The first-order chi connectivity index (χ1) is 7.50. The molecule has 0 radical (unpaired) electrons. The van der Waals surface area contributed by atoms with Crippen molar-refractivity contribution in [2.24, 2.45) is 5.73 Å². The van der Waals surface area contributed by atoms with E-state index in [1.807, 2.05) is 31.2 Å². The molecule has 4 heteroatoms. The van der Waals surface area contributed by atoms with Crippen LogP contribution >= 0.6 is 0 Å². The minimum atomic E-state index is -0.0590. The molecule has 0 spiro atoms. The lowest BCUT2D eigenvalue weighted by Crippen LogP contribution is -2.27. The third-order valence-corrected chi connectivity index (χ3v) is 2.27. The molecule has 1 atom stereocenters. The number of hydrogen-bond acceptors (Lipinski definition) is 3. The summed E-state index contributed by atoms with van der Waals surface area (Å²) < 4.78 is 5.33. The predicted octanol–water partition coefficient (Wildman–Crippen LogP) is 1.17. The molecular weight excluding hydrogens is 204 g/mol. The highest BCUT2D eigenvalue weighted by Crippen LogP contribution is 2.15. The van der Waals surface area contributed by atoms with Gasteiger partial charge in [0.2, 0.25) is 0 Å². The quantitative estimate of drug-likeness (QED) is 0.832. The average Bonchev–Trinajstić information content (AvgIpc) is 2.26. The summed E-state index contributed by atoms with van der Waals surface area (Å²) in [5.41, 5.74) is 6.77. The normalized spacial score (nSPS) is 12.0. The Balaban J connectivity index is 2.53. The molecular formula is C12H18N2O2. The average molecular weight is 222 g/mol. The fraction of sp³-hybridized carbons (Fsp3) is 0.417. The van der Waals surface area contributed by atoms with E-state index in [0.717, 1.165) is 5.56 Å². The summed E-state index contributed by atoms with van der Waals surface area (Å²) in [6, 6.07) is 7.46. The maximum Gasteiger partial charge on any atom is 0.259 e. The van der Waals surface area contributed by atoms with Crippen LogP contribution in [-0.4, -0.2) is 31.5 Å². The van der Waals surface area contributed by atoms with Crippen LogP contribution in [0.4, 0.5) is 0 Å². The van der Waals surface area contributed by atoms with Crippen LogP contribution in [0.2, 0.25) is 0 Å². The number of nitrogens with zero attached hydrogens (tertiary/aromatic N) is 1. The first-order valence-electron chi connectivity index (χ1n) is 5.19. The highest BCUT2D eigenvalue weighted by atomic mass is 16.5. The van der Waals surface area contributed by atoms with Gasteiger partial charge in [-0.2, -0.15) is 0 Å². The molecule has 0 heterocycles. The summed E-state index contributed by atoms with van der Waals surface area (Å²) in [6.45, 7) is 1.98. The van der Waals surface area contributed by atoms with Gasteiger partial charge in [-0.3, -0.25) is 4.79 Å². The zero-order chi connectivity index (χ0) is 12.1. The van der Waals surface area contributed by atoms with E-state index < -0.39 is 0 Å². The molecule has 16 heavy (non-hydrogen) atoms. The summed E-state index contributed by atoms with van der Waals surface area (Å²) in [6.07, 6.45) is 0. The van der Waals surface area contributed by atoms with Crippen LogP contribution in [0.1, 0.15) is 18.5 Å². The number of ether oxygens (including phenoxy) is 1. The van der Waals surface area contributed by atoms with Gasteiger partial charge in [-0.25, -0.2) is 0 Å². The SMILES string of the molecule is C[C@@H](N)c1ccc(OCC(=O)N(C)C)cc1. The van der Waals surface area contributed by atoms with Crippen molar-refractivity contribution >= 4 is 5.91 Å². The van der Waals surface area contributed by atoms with Crippen LogP contribution < -0.4 is 10.5 Å². The number of benzene rings is 1. The standard InChI is InChI=1S/C12H18N2O2/c1-9(13)10-4-6-11(7-5-10)16-8-12(15)14(2)3/h4-7,9H,8,13H2,1-3H3/t9-/m1/s1. The van der Waals surface area contributed by atoms with Gasteiger partial charge >= 0.3 is 0 Å². The second-order valence-electron chi connectivity index (χ2n) is 3.93. The Labute approximate surface area is 96.0 Å². The van der Waals surface area contributed by atoms with Crippen LogP contribution in [0.3, 0.4) is 0 Å². The molecule has 0 unspecified atom stereocenters. The minimum Gasteiger partial charge on any atom is -0.484 e. The molecule has 1 aromatic rings. The van der Waals surface area contributed by atoms with Gasteiger partial charge in [0.1, 0.15) is 5.75 Å². The molecule has 4 nitrogen and oxygen atoms in total. The van der Waals surface area contributed by atoms with Crippen molar-refractivity contribution in [3.63, 3.8) is 0 Å². The summed E-state index contributed by atoms with van der Waals surface area (Å²) in [7, 11) is 3.40. The number of likely N-dealkylation sites (N-methyl/N-ethyl adjacent to an activating group) is 1. The van der Waals surface area contributed by atoms with Crippen LogP contribution in [-0.2, 0) is 4.79 Å². The molecule has 0 bridgehead atoms. The van der Waals surface area contributed by atoms with E-state index in [-0.39, 0.29) is 18.6 Å². The van der Waals surface area contributed by atoms with Crippen molar-refractivity contribution in [1.82, 2.24) is 4.90 Å². The summed E-state index contributed by atoms with van der Waals surface area (Å²) >= 11 is 0. The first-order valence-corrected chi connectivity index (χ1v) is 5.19. The number of carbonyl (C=O) groups excluding carboxylic acids is 1. The third-order valence-electron chi connectivity index (χ3n) is 2.27. The third kappa shape index (κ3) is 3.55. The van der Waals surface area contributed by atoms with Gasteiger partial charge in [0, 0.05) is 20.1 Å². The number of rotatable bonds is 4. The lowest BCUT2D eigenvalue weighted by Gasteiger charge is -2.12. The highest BCUT2D eigenvalue weighted by Gasteiger charge is 2.05. The van der Waals surface area contributed by atoms with E-state index >= 15 is 0 Å². The van der Waals surface area contributed by atoms with Gasteiger partial charge in [-0.1, -0.05) is 12.1 Å². The largest absolute Gasteiger partial charge is 0.484 e. The molecule has 1 amide bonds. The van der Waals surface area contributed by atoms with E-state index in [2.05, 4.69) is 0 Å². The maximum atomic E-state index is 11.3. The first kappa shape index (κ1) is 12.5. The molecule has 88 valence electrons. The Morgan fingerprint density at radius 3 is 2.38 bits per heavy atom. The van der Waals surface area contributed by atoms with Gasteiger partial charge in [-0.05, 0) is 24.6 Å². The molecule has 0 aromatic heterocycles. The fourth-order valence-electron chi connectivity index (χ4n) is 1.14. The molecule has 1 rings (SSSR count). The number of carbonyl (C=O) groups is 1. The maximum absolute atomic E-state index is 11.3. The molecule has 0 aliphatic rings. The molecule has 0 saturated heterocycles. The highest BCUT2D eigenvalue weighted by molar-refractivity contribution is 5.77. The second kappa shape index (κ2) is 5.51. The monoisotopic (exact) mass is 222 g/mol. The van der Waals surface area contributed by atoms with Gasteiger partial charge < -0.3 is 15.4 Å². The lowest BCUT2D eigenvalue weighted by molar-refractivity contribution is -0.130. The Hall–Kier alpha value is -1.55. The van der Waals surface area contributed by atoms with Crippen molar-refractivity contribution in [2.75, 3.05) is 20.7 Å². The zero-order valence-electron chi connectivity index (χ0n) is 9.93. The zero-order valence-corrected chi connectivity index (χ0v) is 9.93. The van der Waals surface area contributed by atoms with Crippen LogP contribution in [0.25, 0.3) is 0 Å². The summed E-state index contributed by atoms with van der Waals surface area (Å²) in [5.74, 6) is 0.621. The Kier molecular flexibility index (Phi) is 4.31. The number of amides is 1. The molecule has 2 N–H and O–H groups in total. The van der Waals surface area contributed by atoms with Crippen LogP contribution in [0.5, 0.6) is 5.75 Å². The fourth-order valence-corrected chi connectivity index (χ4v) is 1.14. The lowest BCUT2D eigenvalue weighted by atomic mass is 10.1. The molecule has 0 saturated carbocycles. The Bertz CT molecular complexity index is 345.